The van der Waals surface area contributed by atoms with Crippen LogP contribution in [0, 0.1) is 17.7 Å². The second-order valence-corrected chi connectivity index (χ2v) is 8.56. The average molecular weight is 458 g/mol. The third kappa shape index (κ3) is 3.83. The first kappa shape index (κ1) is 21.8. The van der Waals surface area contributed by atoms with Crippen LogP contribution in [0.3, 0.4) is 0 Å². The third-order valence-electron chi connectivity index (χ3n) is 6.62. The van der Waals surface area contributed by atoms with Gasteiger partial charge >= 0.3 is 5.97 Å². The van der Waals surface area contributed by atoms with Gasteiger partial charge in [-0.2, -0.15) is 0 Å². The van der Waals surface area contributed by atoms with E-state index in [1.165, 1.54) is 6.07 Å². The number of aliphatic carboxylic acids is 1. The minimum Gasteiger partial charge on any atom is -0.481 e. The number of halogens is 1. The molecule has 0 saturated heterocycles. The molecule has 1 aliphatic carbocycles. The molecule has 34 heavy (non-hydrogen) atoms. The molecule has 2 atom stereocenters. The number of nitrogens with one attached hydrogen (secondary N) is 1. The zero-order chi connectivity index (χ0) is 23.8. The van der Waals surface area contributed by atoms with Crippen molar-refractivity contribution in [1.29, 1.82) is 0 Å². The molecule has 1 saturated carbocycles. The predicted molar refractivity (Wildman–Crippen MR) is 129 cm³/mol. The van der Waals surface area contributed by atoms with Gasteiger partial charge in [-0.05, 0) is 55.2 Å². The molecule has 1 fully saturated rings. The van der Waals surface area contributed by atoms with Gasteiger partial charge in [-0.15, -0.1) is 0 Å². The molecular formula is C27H24FN3O3. The Hall–Kier alpha value is -4.00. The number of imidazole rings is 1. The first-order valence-electron chi connectivity index (χ1n) is 11.4. The zero-order valence-corrected chi connectivity index (χ0v) is 18.7. The van der Waals surface area contributed by atoms with E-state index in [0.717, 1.165) is 16.6 Å². The van der Waals surface area contributed by atoms with E-state index in [9.17, 15) is 19.1 Å². The normalized spacial score (nSPS) is 17.4. The Morgan fingerprint density at radius 2 is 1.74 bits per heavy atom. The number of nitrogens with zero attached hydrogens (tertiary/aromatic N) is 2. The van der Waals surface area contributed by atoms with Crippen LogP contribution in [0.5, 0.6) is 0 Å². The van der Waals surface area contributed by atoms with Gasteiger partial charge in [-0.1, -0.05) is 42.5 Å². The van der Waals surface area contributed by atoms with Crippen molar-refractivity contribution in [2.24, 2.45) is 11.8 Å². The number of rotatable bonds is 7. The largest absolute Gasteiger partial charge is 0.481 e. The monoisotopic (exact) mass is 457 g/mol. The molecule has 6 nitrogen and oxygen atoms in total. The van der Waals surface area contributed by atoms with E-state index in [4.69, 9.17) is 0 Å². The van der Waals surface area contributed by atoms with Gasteiger partial charge in [0.1, 0.15) is 5.82 Å². The topological polar surface area (TPSA) is 84.2 Å². The van der Waals surface area contributed by atoms with E-state index >= 15 is 0 Å². The number of ketones is 1. The molecule has 0 amide bonds. The van der Waals surface area contributed by atoms with Crippen LogP contribution in [0.15, 0.2) is 66.7 Å². The smallest absolute Gasteiger partial charge is 0.307 e. The lowest BCUT2D eigenvalue weighted by Gasteiger charge is -2.32. The molecule has 1 aromatic heterocycles. The highest BCUT2D eigenvalue weighted by molar-refractivity contribution is 6.01. The molecule has 3 aromatic carbocycles. The fourth-order valence-electron chi connectivity index (χ4n) is 4.56. The summed E-state index contributed by atoms with van der Waals surface area (Å²) in [7, 11) is 0. The van der Waals surface area contributed by atoms with E-state index in [0.29, 0.717) is 42.1 Å². The summed E-state index contributed by atoms with van der Waals surface area (Å²) >= 11 is 0. The summed E-state index contributed by atoms with van der Waals surface area (Å²) in [5.74, 6) is -1.95. The van der Waals surface area contributed by atoms with E-state index in [1.54, 1.807) is 30.3 Å². The molecular weight excluding hydrogens is 433 g/mol. The van der Waals surface area contributed by atoms with Crippen molar-refractivity contribution in [1.82, 2.24) is 9.55 Å². The van der Waals surface area contributed by atoms with Crippen molar-refractivity contribution in [3.8, 4) is 11.1 Å². The van der Waals surface area contributed by atoms with Gasteiger partial charge in [0.25, 0.3) is 0 Å². The van der Waals surface area contributed by atoms with Gasteiger partial charge in [0.05, 0.1) is 22.6 Å². The molecule has 0 radical (unpaired) electrons. The average Bonchev–Trinajstić information content (AvgIpc) is 3.16. The highest BCUT2D eigenvalue weighted by Crippen LogP contribution is 2.37. The zero-order valence-electron chi connectivity index (χ0n) is 18.7. The van der Waals surface area contributed by atoms with Gasteiger partial charge in [0, 0.05) is 18.0 Å². The number of hydrogen-bond donors (Lipinski definition) is 2. The SMILES string of the molecule is CCn1c(Nc2ccc(-c3ccc(C(=O)C4CCC4C(=O)O)cc3)cc2F)nc2ccccc21. The van der Waals surface area contributed by atoms with Gasteiger partial charge in [-0.3, -0.25) is 9.59 Å². The van der Waals surface area contributed by atoms with Crippen molar-refractivity contribution >= 4 is 34.4 Å². The van der Waals surface area contributed by atoms with Crippen molar-refractivity contribution in [3.63, 3.8) is 0 Å². The maximum absolute atomic E-state index is 15.0. The molecule has 0 aliphatic heterocycles. The van der Waals surface area contributed by atoms with Crippen LogP contribution in [0.2, 0.25) is 0 Å². The van der Waals surface area contributed by atoms with Crippen LogP contribution < -0.4 is 5.32 Å². The minimum atomic E-state index is -0.917. The second-order valence-electron chi connectivity index (χ2n) is 8.56. The van der Waals surface area contributed by atoms with Gasteiger partial charge in [-0.25, -0.2) is 9.37 Å². The maximum Gasteiger partial charge on any atom is 0.307 e. The molecule has 0 bridgehead atoms. The Balaban J connectivity index is 1.35. The standard InChI is InChI=1S/C27H24FN3O3/c1-2-31-24-6-4-3-5-23(24)30-27(31)29-22-14-11-18(15-21(22)28)16-7-9-17(10-8-16)25(32)19-12-13-20(19)26(33)34/h3-11,14-15,19-20H,2,12-13H2,1H3,(H,29,30)(H,33,34). The summed E-state index contributed by atoms with van der Waals surface area (Å²) in [4.78, 5) is 28.4. The van der Waals surface area contributed by atoms with Crippen LogP contribution >= 0.6 is 0 Å². The van der Waals surface area contributed by atoms with Crippen molar-refractivity contribution in [2.45, 2.75) is 26.3 Å². The molecule has 2 unspecified atom stereocenters. The number of anilines is 2. The number of aromatic nitrogens is 2. The molecule has 7 heteroatoms. The van der Waals surface area contributed by atoms with Crippen LogP contribution in [-0.2, 0) is 11.3 Å². The number of benzene rings is 3. The second kappa shape index (κ2) is 8.74. The van der Waals surface area contributed by atoms with Crippen LogP contribution in [0.4, 0.5) is 16.0 Å². The van der Waals surface area contributed by atoms with Gasteiger partial charge < -0.3 is 15.0 Å². The number of Topliss-reactive ketones (excluding diaryl/α,β-unsaturated/α-hetero) is 1. The lowest BCUT2D eigenvalue weighted by molar-refractivity contribution is -0.146. The van der Waals surface area contributed by atoms with Crippen LogP contribution in [0.25, 0.3) is 22.2 Å². The number of carboxylic acid groups (broad SMARTS) is 1. The lowest BCUT2D eigenvalue weighted by Crippen LogP contribution is -2.38. The molecule has 2 N–H and O–H groups in total. The summed E-state index contributed by atoms with van der Waals surface area (Å²) < 4.78 is 17.0. The van der Waals surface area contributed by atoms with Crippen molar-refractivity contribution in [2.75, 3.05) is 5.32 Å². The predicted octanol–water partition coefficient (Wildman–Crippen LogP) is 5.90. The van der Waals surface area contributed by atoms with E-state index in [1.807, 2.05) is 41.8 Å². The molecule has 1 aliphatic rings. The fraction of sp³-hybridized carbons (Fsp3) is 0.222. The lowest BCUT2D eigenvalue weighted by atomic mass is 9.70. The van der Waals surface area contributed by atoms with Gasteiger partial charge in [0.15, 0.2) is 5.78 Å². The van der Waals surface area contributed by atoms with E-state index < -0.39 is 23.6 Å². The Labute approximate surface area is 196 Å². The minimum absolute atomic E-state index is 0.144. The summed E-state index contributed by atoms with van der Waals surface area (Å²) in [6.45, 7) is 2.71. The number of carbonyl (C=O) groups is 2. The summed E-state index contributed by atoms with van der Waals surface area (Å²) in [6, 6.07) is 19.6. The molecule has 172 valence electrons. The number of aryl methyl sites for hydroxylation is 1. The summed E-state index contributed by atoms with van der Waals surface area (Å²) in [5, 5.41) is 12.3. The number of fused-ring (bicyclic) bond motifs is 1. The Morgan fingerprint density at radius 3 is 2.38 bits per heavy atom. The Morgan fingerprint density at radius 1 is 1.03 bits per heavy atom. The summed E-state index contributed by atoms with van der Waals surface area (Å²) in [6.07, 6.45) is 1.14. The molecule has 4 aromatic rings. The van der Waals surface area contributed by atoms with Crippen LogP contribution in [-0.4, -0.2) is 26.4 Å². The number of hydrogen-bond acceptors (Lipinski definition) is 4. The quantitative estimate of drug-likeness (QED) is 0.338. The van der Waals surface area contributed by atoms with Crippen molar-refractivity contribution < 1.29 is 19.1 Å². The third-order valence-corrected chi connectivity index (χ3v) is 6.62. The maximum atomic E-state index is 15.0. The Bertz CT molecular complexity index is 1390. The van der Waals surface area contributed by atoms with Gasteiger partial charge in [0.2, 0.25) is 5.95 Å². The van der Waals surface area contributed by atoms with Crippen molar-refractivity contribution in [3.05, 3.63) is 78.1 Å². The fourth-order valence-corrected chi connectivity index (χ4v) is 4.56. The highest BCUT2D eigenvalue weighted by Gasteiger charge is 2.41. The van der Waals surface area contributed by atoms with Crippen LogP contribution in [0.1, 0.15) is 30.1 Å². The Kier molecular flexibility index (Phi) is 5.61. The molecule has 1 heterocycles. The first-order valence-corrected chi connectivity index (χ1v) is 11.4. The number of para-hydroxylation sites is 2. The number of carboxylic acids is 1. The number of carbonyl (C=O) groups excluding carboxylic acids is 1. The molecule has 0 spiro atoms. The highest BCUT2D eigenvalue weighted by atomic mass is 19.1. The van der Waals surface area contributed by atoms with E-state index in [-0.39, 0.29) is 5.78 Å². The first-order chi connectivity index (χ1) is 16.5. The van der Waals surface area contributed by atoms with E-state index in [2.05, 4.69) is 10.3 Å². The molecule has 5 rings (SSSR count). The summed E-state index contributed by atoms with van der Waals surface area (Å²) in [5.41, 5.74) is 4.08.